The highest BCUT2D eigenvalue weighted by Gasteiger charge is 2.35. The van der Waals surface area contributed by atoms with E-state index >= 15 is 0 Å². The van der Waals surface area contributed by atoms with Gasteiger partial charge in [0.25, 0.3) is 11.8 Å². The number of fused-ring (bicyclic) bond motifs is 1. The summed E-state index contributed by atoms with van der Waals surface area (Å²) >= 11 is 0. The third kappa shape index (κ3) is 2.57. The van der Waals surface area contributed by atoms with E-state index in [0.29, 0.717) is 23.0 Å². The molecule has 0 unspecified atom stereocenters. The maximum absolute atomic E-state index is 12.5. The Labute approximate surface area is 148 Å². The number of carbonyl (C=O) groups excluding carboxylic acids is 1. The highest BCUT2D eigenvalue weighted by Crippen LogP contribution is 2.30. The Morgan fingerprint density at radius 3 is 2.69 bits per heavy atom. The molecule has 2 heterocycles. The van der Waals surface area contributed by atoms with Crippen LogP contribution in [0.4, 0.5) is 5.69 Å². The molecule has 1 aliphatic heterocycles. The molecule has 0 bridgehead atoms. The summed E-state index contributed by atoms with van der Waals surface area (Å²) in [6.45, 7) is 0.106. The second-order valence-corrected chi connectivity index (χ2v) is 5.60. The number of nitrogens with zero attached hydrogens (tertiary/aromatic N) is 4. The molecule has 1 aromatic heterocycles. The number of hydrogen-bond donors (Lipinski definition) is 1. The maximum Gasteiger partial charge on any atom is 0.281 e. The number of para-hydroxylation sites is 1. The first-order valence-corrected chi connectivity index (χ1v) is 7.81. The van der Waals surface area contributed by atoms with Gasteiger partial charge in [0.2, 0.25) is 0 Å². The van der Waals surface area contributed by atoms with Gasteiger partial charge in [-0.05, 0) is 30.3 Å². The maximum atomic E-state index is 12.5. The summed E-state index contributed by atoms with van der Waals surface area (Å²) in [4.78, 5) is 18.3. The van der Waals surface area contributed by atoms with E-state index in [4.69, 9.17) is 14.5 Å². The van der Waals surface area contributed by atoms with Gasteiger partial charge in [-0.25, -0.2) is 0 Å². The van der Waals surface area contributed by atoms with Crippen LogP contribution in [0.15, 0.2) is 58.2 Å². The summed E-state index contributed by atoms with van der Waals surface area (Å²) in [5.41, 5.74) is 1.95. The molecule has 130 valence electrons. The van der Waals surface area contributed by atoms with E-state index in [1.807, 2.05) is 12.1 Å². The summed E-state index contributed by atoms with van der Waals surface area (Å²) in [6, 6.07) is 14.3. The van der Waals surface area contributed by atoms with Crippen molar-refractivity contribution in [1.29, 1.82) is 0 Å². The lowest BCUT2D eigenvalue weighted by atomic mass is 10.1. The molecule has 1 N–H and O–H groups in total. The van der Waals surface area contributed by atoms with Gasteiger partial charge in [-0.2, -0.15) is 4.98 Å². The van der Waals surface area contributed by atoms with E-state index in [-0.39, 0.29) is 12.3 Å². The number of anilines is 1. The largest absolute Gasteiger partial charge is 0.497 e. The summed E-state index contributed by atoms with van der Waals surface area (Å²) in [6.07, 6.45) is 0. The number of benzene rings is 2. The van der Waals surface area contributed by atoms with E-state index < -0.39 is 5.91 Å². The Kier molecular flexibility index (Phi) is 3.85. The smallest absolute Gasteiger partial charge is 0.281 e. The second kappa shape index (κ2) is 6.32. The molecule has 0 atom stereocenters. The summed E-state index contributed by atoms with van der Waals surface area (Å²) in [5, 5.41) is 16.2. The van der Waals surface area contributed by atoms with Crippen LogP contribution in [-0.2, 0) is 11.3 Å². The van der Waals surface area contributed by atoms with Gasteiger partial charge in [0.15, 0.2) is 11.5 Å². The third-order valence-electron chi connectivity index (χ3n) is 4.10. The number of ether oxygens (including phenoxy) is 1. The molecule has 8 nitrogen and oxygen atoms in total. The molecular formula is C18H14N4O4. The van der Waals surface area contributed by atoms with Crippen molar-refractivity contribution in [3.63, 3.8) is 0 Å². The minimum atomic E-state index is -0.413. The predicted molar refractivity (Wildman–Crippen MR) is 92.2 cm³/mol. The molecule has 2 aromatic carbocycles. The zero-order valence-electron chi connectivity index (χ0n) is 13.8. The SMILES string of the molecule is COc1ccc(-c2nc(CN3C(=O)/C(=N\O)c4ccccc43)no2)cc1. The van der Waals surface area contributed by atoms with Gasteiger partial charge in [-0.3, -0.25) is 9.69 Å². The normalized spacial score (nSPS) is 14.7. The van der Waals surface area contributed by atoms with Crippen LogP contribution in [0.2, 0.25) is 0 Å². The zero-order chi connectivity index (χ0) is 18.1. The average Bonchev–Trinajstić information content (AvgIpc) is 3.25. The van der Waals surface area contributed by atoms with E-state index in [1.165, 1.54) is 4.90 Å². The van der Waals surface area contributed by atoms with Crippen molar-refractivity contribution in [2.24, 2.45) is 5.16 Å². The van der Waals surface area contributed by atoms with Crippen molar-refractivity contribution >= 4 is 17.3 Å². The molecule has 4 rings (SSSR count). The summed E-state index contributed by atoms with van der Waals surface area (Å²) in [5.74, 6) is 1.00. The molecule has 26 heavy (non-hydrogen) atoms. The molecule has 1 amide bonds. The lowest BCUT2D eigenvalue weighted by Crippen LogP contribution is -2.30. The van der Waals surface area contributed by atoms with Crippen LogP contribution in [-0.4, -0.2) is 34.1 Å². The number of methoxy groups -OCH3 is 1. The number of amides is 1. The molecule has 0 saturated heterocycles. The van der Waals surface area contributed by atoms with Gasteiger partial charge < -0.3 is 14.5 Å². The van der Waals surface area contributed by atoms with Crippen molar-refractivity contribution in [3.8, 4) is 17.2 Å². The fourth-order valence-electron chi connectivity index (χ4n) is 2.83. The molecule has 8 heteroatoms. The van der Waals surface area contributed by atoms with Crippen LogP contribution in [0, 0.1) is 0 Å². The van der Waals surface area contributed by atoms with Crippen LogP contribution >= 0.6 is 0 Å². The molecule has 0 aliphatic carbocycles. The van der Waals surface area contributed by atoms with Gasteiger partial charge in [0.05, 0.1) is 19.3 Å². The number of hydrogen-bond acceptors (Lipinski definition) is 7. The lowest BCUT2D eigenvalue weighted by Gasteiger charge is -2.13. The van der Waals surface area contributed by atoms with Crippen LogP contribution in [0.1, 0.15) is 11.4 Å². The van der Waals surface area contributed by atoms with Crippen molar-refractivity contribution in [3.05, 3.63) is 59.9 Å². The molecular weight excluding hydrogens is 336 g/mol. The molecule has 0 fully saturated rings. The van der Waals surface area contributed by atoms with Crippen molar-refractivity contribution in [1.82, 2.24) is 10.1 Å². The highest BCUT2D eigenvalue weighted by atomic mass is 16.5. The molecule has 3 aromatic rings. The highest BCUT2D eigenvalue weighted by molar-refractivity contribution is 6.54. The number of oxime groups is 1. The Balaban J connectivity index is 1.60. The standard InChI is InChI=1S/C18H14N4O4/c1-25-12-8-6-11(7-9-12)17-19-15(21-26-17)10-22-14-5-3-2-4-13(14)16(20-24)18(22)23/h2-9,24H,10H2,1H3/b20-16-. The second-order valence-electron chi connectivity index (χ2n) is 5.60. The molecule has 0 spiro atoms. The van der Waals surface area contributed by atoms with Gasteiger partial charge in [0, 0.05) is 11.1 Å². The lowest BCUT2D eigenvalue weighted by molar-refractivity contribution is -0.112. The molecule has 0 saturated carbocycles. The van der Waals surface area contributed by atoms with Crippen molar-refractivity contribution in [2.45, 2.75) is 6.54 Å². The Bertz CT molecular complexity index is 994. The minimum absolute atomic E-state index is 0.000488. The van der Waals surface area contributed by atoms with Gasteiger partial charge in [-0.15, -0.1) is 0 Å². The fourth-order valence-corrected chi connectivity index (χ4v) is 2.83. The first kappa shape index (κ1) is 15.8. The van der Waals surface area contributed by atoms with Gasteiger partial charge >= 0.3 is 0 Å². The Morgan fingerprint density at radius 2 is 1.96 bits per heavy atom. The van der Waals surface area contributed by atoms with E-state index in [9.17, 15) is 4.79 Å². The Hall–Kier alpha value is -3.68. The van der Waals surface area contributed by atoms with Crippen molar-refractivity contribution in [2.75, 3.05) is 12.0 Å². The number of carbonyl (C=O) groups is 1. The van der Waals surface area contributed by atoms with Gasteiger partial charge in [0.1, 0.15) is 5.75 Å². The van der Waals surface area contributed by atoms with Crippen LogP contribution in [0.3, 0.4) is 0 Å². The van der Waals surface area contributed by atoms with E-state index in [0.717, 1.165) is 11.3 Å². The quantitative estimate of drug-likeness (QED) is 0.573. The predicted octanol–water partition coefficient (Wildman–Crippen LogP) is 2.47. The third-order valence-corrected chi connectivity index (χ3v) is 4.10. The van der Waals surface area contributed by atoms with Crippen molar-refractivity contribution < 1.29 is 19.3 Å². The summed E-state index contributed by atoms with van der Waals surface area (Å²) in [7, 11) is 1.59. The minimum Gasteiger partial charge on any atom is -0.497 e. The van der Waals surface area contributed by atoms with Crippen LogP contribution in [0.5, 0.6) is 5.75 Å². The average molecular weight is 350 g/mol. The number of aromatic nitrogens is 2. The first-order chi connectivity index (χ1) is 12.7. The molecule has 1 aliphatic rings. The van der Waals surface area contributed by atoms with E-state index in [1.54, 1.807) is 43.5 Å². The van der Waals surface area contributed by atoms with Crippen LogP contribution < -0.4 is 9.64 Å². The number of rotatable bonds is 4. The fraction of sp³-hybridized carbons (Fsp3) is 0.111. The van der Waals surface area contributed by atoms with E-state index in [2.05, 4.69) is 15.3 Å². The Morgan fingerprint density at radius 1 is 1.19 bits per heavy atom. The van der Waals surface area contributed by atoms with Gasteiger partial charge in [-0.1, -0.05) is 28.5 Å². The molecule has 0 radical (unpaired) electrons. The zero-order valence-corrected chi connectivity index (χ0v) is 13.8. The van der Waals surface area contributed by atoms with Crippen LogP contribution in [0.25, 0.3) is 11.5 Å². The topological polar surface area (TPSA) is 101 Å². The first-order valence-electron chi connectivity index (χ1n) is 7.81. The summed E-state index contributed by atoms with van der Waals surface area (Å²) < 4.78 is 10.4. The monoisotopic (exact) mass is 350 g/mol.